The van der Waals surface area contributed by atoms with Crippen LogP contribution in [0.2, 0.25) is 0 Å². The molecule has 0 unspecified atom stereocenters. The molecule has 0 N–H and O–H groups in total. The average molecular weight is 319 g/mol. The second kappa shape index (κ2) is 7.15. The quantitative estimate of drug-likeness (QED) is 0.853. The molecule has 1 aromatic heterocycles. The summed E-state index contributed by atoms with van der Waals surface area (Å²) >= 11 is 0. The number of nitrogens with zero attached hydrogens (tertiary/aromatic N) is 3. The van der Waals surface area contributed by atoms with Gasteiger partial charge >= 0.3 is 0 Å². The summed E-state index contributed by atoms with van der Waals surface area (Å²) in [5, 5.41) is 3.77. The Kier molecular flexibility index (Phi) is 4.98. The van der Waals surface area contributed by atoms with E-state index in [0.717, 1.165) is 12.3 Å². The Balaban J connectivity index is 1.44. The van der Waals surface area contributed by atoms with Gasteiger partial charge in [-0.15, -0.1) is 0 Å². The predicted molar refractivity (Wildman–Crippen MR) is 84.9 cm³/mol. The van der Waals surface area contributed by atoms with E-state index in [1.165, 1.54) is 25.7 Å². The number of hydrogen-bond donors (Lipinski definition) is 0. The van der Waals surface area contributed by atoms with Crippen molar-refractivity contribution < 1.29 is 14.1 Å². The molecular weight excluding hydrogens is 294 g/mol. The van der Waals surface area contributed by atoms with Gasteiger partial charge in [0.2, 0.25) is 5.91 Å². The van der Waals surface area contributed by atoms with Gasteiger partial charge < -0.3 is 14.3 Å². The van der Waals surface area contributed by atoms with Crippen molar-refractivity contribution >= 4 is 11.8 Å². The van der Waals surface area contributed by atoms with E-state index >= 15 is 0 Å². The van der Waals surface area contributed by atoms with Gasteiger partial charge in [0, 0.05) is 38.7 Å². The van der Waals surface area contributed by atoms with Crippen molar-refractivity contribution in [1.82, 2.24) is 15.0 Å². The lowest BCUT2D eigenvalue weighted by Crippen LogP contribution is -2.50. The summed E-state index contributed by atoms with van der Waals surface area (Å²) in [5.74, 6) is 1.51. The second-order valence-corrected chi connectivity index (χ2v) is 6.68. The molecule has 1 aliphatic heterocycles. The molecule has 6 heteroatoms. The molecule has 2 amide bonds. The van der Waals surface area contributed by atoms with Crippen LogP contribution in [0, 0.1) is 12.8 Å². The standard InChI is InChI=1S/C17H25N3O3/c1-13-12-15(18-23-13)17(22)20-10-8-19(9-11-20)16(21)7-6-14-4-2-3-5-14/h12,14H,2-11H2,1H3. The number of aromatic nitrogens is 1. The van der Waals surface area contributed by atoms with Crippen LogP contribution in [0.1, 0.15) is 54.8 Å². The number of aryl methyl sites for hydroxylation is 1. The van der Waals surface area contributed by atoms with Crippen molar-refractivity contribution in [3.05, 3.63) is 17.5 Å². The van der Waals surface area contributed by atoms with Gasteiger partial charge in [-0.1, -0.05) is 30.8 Å². The van der Waals surface area contributed by atoms with Crippen molar-refractivity contribution in [3.8, 4) is 0 Å². The van der Waals surface area contributed by atoms with Crippen LogP contribution in [0.25, 0.3) is 0 Å². The number of carbonyl (C=O) groups excluding carboxylic acids is 2. The fourth-order valence-electron chi connectivity index (χ4n) is 3.57. The molecule has 0 spiro atoms. The summed E-state index contributed by atoms with van der Waals surface area (Å²) in [7, 11) is 0. The first-order chi connectivity index (χ1) is 11.1. The maximum absolute atomic E-state index is 12.3. The van der Waals surface area contributed by atoms with Crippen molar-refractivity contribution in [3.63, 3.8) is 0 Å². The van der Waals surface area contributed by atoms with Gasteiger partial charge in [-0.2, -0.15) is 0 Å². The molecule has 23 heavy (non-hydrogen) atoms. The molecular formula is C17H25N3O3. The molecule has 0 radical (unpaired) electrons. The zero-order valence-corrected chi connectivity index (χ0v) is 13.8. The van der Waals surface area contributed by atoms with Gasteiger partial charge in [-0.05, 0) is 19.3 Å². The monoisotopic (exact) mass is 319 g/mol. The summed E-state index contributed by atoms with van der Waals surface area (Å²) in [6, 6.07) is 1.65. The zero-order valence-electron chi connectivity index (χ0n) is 13.8. The molecule has 2 fully saturated rings. The Bertz CT molecular complexity index is 555. The number of hydrogen-bond acceptors (Lipinski definition) is 4. The van der Waals surface area contributed by atoms with E-state index in [0.29, 0.717) is 44.1 Å². The Morgan fingerprint density at radius 2 is 1.83 bits per heavy atom. The summed E-state index contributed by atoms with van der Waals surface area (Å²) in [6.45, 7) is 4.14. The van der Waals surface area contributed by atoms with Gasteiger partial charge in [0.1, 0.15) is 5.76 Å². The van der Waals surface area contributed by atoms with Crippen LogP contribution >= 0.6 is 0 Å². The zero-order chi connectivity index (χ0) is 16.2. The van der Waals surface area contributed by atoms with Crippen LogP contribution in [0.5, 0.6) is 0 Å². The lowest BCUT2D eigenvalue weighted by molar-refractivity contribution is -0.133. The Morgan fingerprint density at radius 1 is 1.17 bits per heavy atom. The van der Waals surface area contributed by atoms with Crippen LogP contribution in [-0.4, -0.2) is 52.9 Å². The largest absolute Gasteiger partial charge is 0.361 e. The minimum atomic E-state index is -0.111. The third-order valence-corrected chi connectivity index (χ3v) is 5.01. The highest BCUT2D eigenvalue weighted by atomic mass is 16.5. The summed E-state index contributed by atoms with van der Waals surface area (Å²) < 4.78 is 4.95. The number of piperazine rings is 1. The Labute approximate surface area is 136 Å². The highest BCUT2D eigenvalue weighted by Gasteiger charge is 2.26. The SMILES string of the molecule is Cc1cc(C(=O)N2CCN(C(=O)CCC3CCCC3)CC2)no1. The van der Waals surface area contributed by atoms with E-state index in [9.17, 15) is 9.59 Å². The molecule has 0 bridgehead atoms. The lowest BCUT2D eigenvalue weighted by atomic mass is 10.0. The molecule has 1 saturated heterocycles. The van der Waals surface area contributed by atoms with Crippen LogP contribution in [0.3, 0.4) is 0 Å². The first-order valence-corrected chi connectivity index (χ1v) is 8.64. The van der Waals surface area contributed by atoms with Crippen LogP contribution in [0.4, 0.5) is 0 Å². The van der Waals surface area contributed by atoms with E-state index in [1.807, 2.05) is 4.90 Å². The molecule has 1 aromatic rings. The molecule has 2 heterocycles. The van der Waals surface area contributed by atoms with E-state index in [1.54, 1.807) is 17.9 Å². The maximum atomic E-state index is 12.3. The first-order valence-electron chi connectivity index (χ1n) is 8.64. The predicted octanol–water partition coefficient (Wildman–Crippen LogP) is 2.24. The van der Waals surface area contributed by atoms with Gasteiger partial charge in [0.25, 0.3) is 5.91 Å². The highest BCUT2D eigenvalue weighted by Crippen LogP contribution is 2.28. The summed E-state index contributed by atoms with van der Waals surface area (Å²) in [6.07, 6.45) is 6.89. The molecule has 126 valence electrons. The number of carbonyl (C=O) groups is 2. The van der Waals surface area contributed by atoms with Crippen molar-refractivity contribution in [2.75, 3.05) is 26.2 Å². The van der Waals surface area contributed by atoms with Crippen LogP contribution in [-0.2, 0) is 4.79 Å². The first kappa shape index (κ1) is 16.0. The Morgan fingerprint density at radius 3 is 2.43 bits per heavy atom. The second-order valence-electron chi connectivity index (χ2n) is 6.68. The fourth-order valence-corrected chi connectivity index (χ4v) is 3.57. The minimum Gasteiger partial charge on any atom is -0.361 e. The molecule has 3 rings (SSSR count). The molecule has 2 aliphatic rings. The van der Waals surface area contributed by atoms with E-state index in [-0.39, 0.29) is 11.8 Å². The molecule has 6 nitrogen and oxygen atoms in total. The topological polar surface area (TPSA) is 66.7 Å². The molecule has 1 saturated carbocycles. The highest BCUT2D eigenvalue weighted by molar-refractivity contribution is 5.92. The van der Waals surface area contributed by atoms with E-state index in [4.69, 9.17) is 4.52 Å². The summed E-state index contributed by atoms with van der Waals surface area (Å²) in [4.78, 5) is 28.2. The Hall–Kier alpha value is -1.85. The van der Waals surface area contributed by atoms with Gasteiger partial charge in [-0.25, -0.2) is 0 Å². The maximum Gasteiger partial charge on any atom is 0.276 e. The molecule has 1 aliphatic carbocycles. The van der Waals surface area contributed by atoms with E-state index < -0.39 is 0 Å². The lowest BCUT2D eigenvalue weighted by Gasteiger charge is -2.34. The number of rotatable bonds is 4. The minimum absolute atomic E-state index is 0.111. The van der Waals surface area contributed by atoms with E-state index in [2.05, 4.69) is 5.16 Å². The smallest absolute Gasteiger partial charge is 0.276 e. The van der Waals surface area contributed by atoms with Crippen molar-refractivity contribution in [1.29, 1.82) is 0 Å². The van der Waals surface area contributed by atoms with Gasteiger partial charge in [-0.3, -0.25) is 9.59 Å². The van der Waals surface area contributed by atoms with Crippen molar-refractivity contribution in [2.45, 2.75) is 45.4 Å². The average Bonchev–Trinajstić information content (AvgIpc) is 3.23. The van der Waals surface area contributed by atoms with Gasteiger partial charge in [0.05, 0.1) is 0 Å². The van der Waals surface area contributed by atoms with Crippen LogP contribution < -0.4 is 0 Å². The molecule has 0 atom stereocenters. The van der Waals surface area contributed by atoms with Gasteiger partial charge in [0.15, 0.2) is 5.69 Å². The summed E-state index contributed by atoms with van der Waals surface area (Å²) in [5.41, 5.74) is 0.350. The van der Waals surface area contributed by atoms with Crippen LogP contribution in [0.15, 0.2) is 10.6 Å². The third kappa shape index (κ3) is 3.92. The molecule has 0 aromatic carbocycles. The normalized spacial score (nSPS) is 19.3. The fraction of sp³-hybridized carbons (Fsp3) is 0.706. The third-order valence-electron chi connectivity index (χ3n) is 5.01. The van der Waals surface area contributed by atoms with Crippen molar-refractivity contribution in [2.24, 2.45) is 5.92 Å². The number of amides is 2.